The largest absolute Gasteiger partial charge is 0.384 e. The van der Waals surface area contributed by atoms with Gasteiger partial charge in [-0.05, 0) is 19.4 Å². The van der Waals surface area contributed by atoms with Crippen molar-refractivity contribution in [2.45, 2.75) is 20.4 Å². The van der Waals surface area contributed by atoms with Crippen molar-refractivity contribution < 1.29 is 8.42 Å². The van der Waals surface area contributed by atoms with Gasteiger partial charge in [0, 0.05) is 18.8 Å². The predicted molar refractivity (Wildman–Crippen MR) is 65.9 cm³/mol. The van der Waals surface area contributed by atoms with E-state index in [1.54, 1.807) is 4.57 Å². The van der Waals surface area contributed by atoms with Crippen molar-refractivity contribution >= 4 is 15.8 Å². The Labute approximate surface area is 101 Å². The average Bonchev–Trinajstić information content (AvgIpc) is 2.40. The highest BCUT2D eigenvalue weighted by Gasteiger charge is 2.14. The summed E-state index contributed by atoms with van der Waals surface area (Å²) in [6, 6.07) is 2.05. The number of nitrogen functional groups attached to an aromatic ring is 1. The molecule has 0 saturated carbocycles. The molecule has 0 unspecified atom stereocenters. The van der Waals surface area contributed by atoms with Crippen LogP contribution >= 0.6 is 0 Å². The van der Waals surface area contributed by atoms with Crippen LogP contribution in [0.25, 0.3) is 0 Å². The van der Waals surface area contributed by atoms with Gasteiger partial charge >= 0.3 is 0 Å². The Balaban J connectivity index is 2.90. The van der Waals surface area contributed by atoms with Gasteiger partial charge in [-0.15, -0.1) is 0 Å². The quantitative estimate of drug-likeness (QED) is 0.798. The van der Waals surface area contributed by atoms with Crippen LogP contribution in [0.1, 0.15) is 16.8 Å². The summed E-state index contributed by atoms with van der Waals surface area (Å²) in [5.41, 5.74) is 8.01. The molecule has 0 aromatic carbocycles. The smallest absolute Gasteiger partial charge is 0.208 e. The number of nitrogens with one attached hydrogen (secondary N) is 1. The third kappa shape index (κ3) is 2.99. The maximum Gasteiger partial charge on any atom is 0.208 e. The molecular formula is C10H16N4O2S. The molecule has 0 bridgehead atoms. The Bertz CT molecular complexity index is 566. The van der Waals surface area contributed by atoms with Crippen LogP contribution in [-0.4, -0.2) is 25.8 Å². The lowest BCUT2D eigenvalue weighted by atomic mass is 10.2. The average molecular weight is 256 g/mol. The number of nitrogens with zero attached hydrogens (tertiary/aromatic N) is 2. The van der Waals surface area contributed by atoms with Gasteiger partial charge in [-0.3, -0.25) is 0 Å². The van der Waals surface area contributed by atoms with Crippen molar-refractivity contribution in [3.63, 3.8) is 0 Å². The van der Waals surface area contributed by atoms with Gasteiger partial charge in [-0.2, -0.15) is 5.26 Å². The minimum Gasteiger partial charge on any atom is -0.384 e. The Kier molecular flexibility index (Phi) is 3.80. The lowest BCUT2D eigenvalue weighted by molar-refractivity contribution is 0.578. The molecule has 0 atom stereocenters. The Morgan fingerprint density at radius 2 is 2.06 bits per heavy atom. The summed E-state index contributed by atoms with van der Waals surface area (Å²) in [6.07, 6.45) is 1.10. The third-order valence-electron chi connectivity index (χ3n) is 2.68. The van der Waals surface area contributed by atoms with Gasteiger partial charge in [0.15, 0.2) is 0 Å². The fourth-order valence-electron chi connectivity index (χ4n) is 1.66. The van der Waals surface area contributed by atoms with Crippen LogP contribution in [0.15, 0.2) is 0 Å². The summed E-state index contributed by atoms with van der Waals surface area (Å²) >= 11 is 0. The van der Waals surface area contributed by atoms with Crippen LogP contribution in [0.5, 0.6) is 0 Å². The zero-order valence-corrected chi connectivity index (χ0v) is 10.9. The molecule has 0 aliphatic rings. The molecular weight excluding hydrogens is 240 g/mol. The van der Waals surface area contributed by atoms with Crippen LogP contribution in [-0.2, 0) is 16.6 Å². The summed E-state index contributed by atoms with van der Waals surface area (Å²) < 4.78 is 26.0. The molecule has 94 valence electrons. The van der Waals surface area contributed by atoms with E-state index in [2.05, 4.69) is 4.72 Å². The molecule has 7 heteroatoms. The molecule has 0 radical (unpaired) electrons. The number of nitriles is 1. The Morgan fingerprint density at radius 3 is 2.47 bits per heavy atom. The van der Waals surface area contributed by atoms with Crippen LogP contribution in [0, 0.1) is 25.2 Å². The minimum absolute atomic E-state index is 0.253. The predicted octanol–water partition coefficient (Wildman–Crippen LogP) is 0.108. The molecule has 3 N–H and O–H groups in total. The van der Waals surface area contributed by atoms with E-state index < -0.39 is 10.0 Å². The van der Waals surface area contributed by atoms with Gasteiger partial charge in [0.1, 0.15) is 11.9 Å². The van der Waals surface area contributed by atoms with E-state index in [4.69, 9.17) is 11.0 Å². The monoisotopic (exact) mass is 256 g/mol. The third-order valence-corrected chi connectivity index (χ3v) is 3.41. The fraction of sp³-hybridized carbons (Fsp3) is 0.500. The Morgan fingerprint density at radius 1 is 1.47 bits per heavy atom. The normalized spacial score (nSPS) is 11.4. The summed E-state index contributed by atoms with van der Waals surface area (Å²) in [5.74, 6) is 0.387. The summed E-state index contributed by atoms with van der Waals surface area (Å²) in [7, 11) is -3.20. The summed E-state index contributed by atoms with van der Waals surface area (Å²) in [4.78, 5) is 0. The molecule has 1 heterocycles. The molecule has 0 aliphatic carbocycles. The van der Waals surface area contributed by atoms with Crippen LogP contribution < -0.4 is 10.5 Å². The topological polar surface area (TPSA) is 101 Å². The summed E-state index contributed by atoms with van der Waals surface area (Å²) in [5, 5.41) is 8.94. The van der Waals surface area contributed by atoms with Gasteiger partial charge < -0.3 is 10.3 Å². The Hall–Kier alpha value is -1.52. The molecule has 6 nitrogen and oxygen atoms in total. The van der Waals surface area contributed by atoms with Crippen LogP contribution in [0.2, 0.25) is 0 Å². The van der Waals surface area contributed by atoms with E-state index in [0.717, 1.165) is 17.5 Å². The second-order valence-electron chi connectivity index (χ2n) is 3.90. The summed E-state index contributed by atoms with van der Waals surface area (Å²) in [6.45, 7) is 4.34. The molecule has 1 rings (SSSR count). The van der Waals surface area contributed by atoms with Crippen molar-refractivity contribution in [2.24, 2.45) is 0 Å². The van der Waals surface area contributed by atoms with Gasteiger partial charge in [-0.25, -0.2) is 13.1 Å². The van der Waals surface area contributed by atoms with Crippen LogP contribution in [0.3, 0.4) is 0 Å². The highest BCUT2D eigenvalue weighted by atomic mass is 32.2. The minimum atomic E-state index is -3.20. The lowest BCUT2D eigenvalue weighted by Crippen LogP contribution is -2.26. The van der Waals surface area contributed by atoms with Crippen molar-refractivity contribution in [2.75, 3.05) is 18.5 Å². The molecule has 0 spiro atoms. The van der Waals surface area contributed by atoms with E-state index in [9.17, 15) is 8.42 Å². The standard InChI is InChI=1S/C10H16N4O2S/c1-7-8(2)14(10(12)9(7)6-11)5-4-13-17(3,15)16/h13H,4-5,12H2,1-3H3. The molecule has 0 fully saturated rings. The first-order chi connectivity index (χ1) is 7.78. The van der Waals surface area contributed by atoms with E-state index in [0.29, 0.717) is 17.9 Å². The first-order valence-electron chi connectivity index (χ1n) is 5.07. The van der Waals surface area contributed by atoms with Gasteiger partial charge in [0.2, 0.25) is 10.0 Å². The maximum absolute atomic E-state index is 10.9. The maximum atomic E-state index is 10.9. The second-order valence-corrected chi connectivity index (χ2v) is 5.73. The van der Waals surface area contributed by atoms with Crippen molar-refractivity contribution in [3.05, 3.63) is 16.8 Å². The number of anilines is 1. The van der Waals surface area contributed by atoms with Crippen molar-refractivity contribution in [1.82, 2.24) is 9.29 Å². The lowest BCUT2D eigenvalue weighted by Gasteiger charge is -2.09. The van der Waals surface area contributed by atoms with Gasteiger partial charge in [0.05, 0.1) is 11.8 Å². The molecule has 0 saturated heterocycles. The van der Waals surface area contributed by atoms with E-state index >= 15 is 0 Å². The van der Waals surface area contributed by atoms with Gasteiger partial charge in [0.25, 0.3) is 0 Å². The van der Waals surface area contributed by atoms with Crippen molar-refractivity contribution in [3.8, 4) is 6.07 Å². The number of hydrogen-bond donors (Lipinski definition) is 2. The molecule has 1 aromatic heterocycles. The van der Waals surface area contributed by atoms with Crippen molar-refractivity contribution in [1.29, 1.82) is 5.26 Å². The number of sulfonamides is 1. The second kappa shape index (κ2) is 4.77. The van der Waals surface area contributed by atoms with Gasteiger partial charge in [-0.1, -0.05) is 0 Å². The molecule has 0 amide bonds. The zero-order valence-electron chi connectivity index (χ0n) is 10.1. The van der Waals surface area contributed by atoms with E-state index in [1.807, 2.05) is 19.9 Å². The first-order valence-corrected chi connectivity index (χ1v) is 6.97. The van der Waals surface area contributed by atoms with Crippen LogP contribution in [0.4, 0.5) is 5.82 Å². The number of nitrogens with two attached hydrogens (primary N) is 1. The molecule has 0 aliphatic heterocycles. The number of rotatable bonds is 4. The van der Waals surface area contributed by atoms with E-state index in [1.165, 1.54) is 0 Å². The highest BCUT2D eigenvalue weighted by Crippen LogP contribution is 2.22. The zero-order chi connectivity index (χ0) is 13.2. The molecule has 17 heavy (non-hydrogen) atoms. The number of hydrogen-bond acceptors (Lipinski definition) is 4. The number of aromatic nitrogens is 1. The first kappa shape index (κ1) is 13.5. The SMILES string of the molecule is Cc1c(C#N)c(N)n(CCNS(C)(=O)=O)c1C. The molecule has 1 aromatic rings. The fourth-order valence-corrected chi connectivity index (χ4v) is 2.13. The van der Waals surface area contributed by atoms with E-state index in [-0.39, 0.29) is 6.54 Å². The highest BCUT2D eigenvalue weighted by molar-refractivity contribution is 7.88.